The minimum absolute atomic E-state index is 0.551. The average Bonchev–Trinajstić information content (AvgIpc) is 2.67. The van der Waals surface area contributed by atoms with Gasteiger partial charge in [-0.05, 0) is 0 Å². The van der Waals surface area contributed by atoms with Crippen molar-refractivity contribution >= 4 is 8.80 Å². The maximum atomic E-state index is 13.7. The van der Waals surface area contributed by atoms with Gasteiger partial charge in [0.25, 0.3) is 0 Å². The van der Waals surface area contributed by atoms with Crippen LogP contribution in [0.3, 0.4) is 0 Å². The predicted molar refractivity (Wildman–Crippen MR) is 76.9 cm³/mol. The molecule has 0 aromatic heterocycles. The number of halogens is 17. The maximum Gasteiger partial charge on any atom is 0.500 e. The van der Waals surface area contributed by atoms with E-state index in [9.17, 15) is 74.6 Å². The largest absolute Gasteiger partial charge is 0.500 e. The summed E-state index contributed by atoms with van der Waals surface area (Å²) in [4.78, 5) is 0. The molecule has 0 bridgehead atoms. The van der Waals surface area contributed by atoms with Gasteiger partial charge in [-0.3, -0.25) is 0 Å². The minimum Gasteiger partial charge on any atom is -0.377 e. The molecule has 34 heavy (non-hydrogen) atoms. The van der Waals surface area contributed by atoms with Gasteiger partial charge in [-0.1, -0.05) is 6.92 Å². The normalized spacial score (nSPS) is 16.2. The summed E-state index contributed by atoms with van der Waals surface area (Å²) in [5.41, 5.74) is 0. The lowest BCUT2D eigenvalue weighted by Gasteiger charge is -2.43. The van der Waals surface area contributed by atoms with E-state index in [4.69, 9.17) is 0 Å². The monoisotopic (exact) mass is 568 g/mol. The van der Waals surface area contributed by atoms with Crippen LogP contribution in [-0.4, -0.2) is 77.3 Å². The van der Waals surface area contributed by atoms with Crippen molar-refractivity contribution in [3.05, 3.63) is 0 Å². The Labute approximate surface area is 179 Å². The van der Waals surface area contributed by atoms with Gasteiger partial charge < -0.3 is 13.3 Å². The number of rotatable bonds is 12. The Morgan fingerprint density at radius 2 is 0.794 bits per heavy atom. The first-order valence-electron chi connectivity index (χ1n) is 8.09. The Bertz CT molecular complexity index is 693. The SMILES string of the molecule is CC[Si](OC)(OC)OCC(F)(F)C(F)(F)C(F)(F)C(F)(F)C(F)(F)C(F)(F)C(F)(F)C(F)(F)F. The van der Waals surface area contributed by atoms with Gasteiger partial charge in [0, 0.05) is 20.3 Å². The molecule has 0 spiro atoms. The molecule has 0 rings (SSSR count). The molecule has 3 nitrogen and oxygen atoms in total. The summed E-state index contributed by atoms with van der Waals surface area (Å²) in [7, 11) is -3.02. The Kier molecular flexibility index (Phi) is 8.80. The van der Waals surface area contributed by atoms with E-state index in [0.717, 1.165) is 6.92 Å². The lowest BCUT2D eigenvalue weighted by atomic mass is 9.89. The molecule has 0 saturated carbocycles. The highest BCUT2D eigenvalue weighted by molar-refractivity contribution is 6.60. The molecule has 0 fully saturated rings. The quantitative estimate of drug-likeness (QED) is 0.206. The van der Waals surface area contributed by atoms with Crippen LogP contribution in [0.25, 0.3) is 0 Å². The number of alkyl halides is 17. The van der Waals surface area contributed by atoms with Crippen molar-refractivity contribution in [2.75, 3.05) is 20.8 Å². The second-order valence-corrected chi connectivity index (χ2v) is 9.56. The second-order valence-electron chi connectivity index (χ2n) is 6.38. The van der Waals surface area contributed by atoms with Gasteiger partial charge in [-0.15, -0.1) is 0 Å². The number of hydrogen-bond donors (Lipinski definition) is 0. The van der Waals surface area contributed by atoms with E-state index < -0.39 is 69.1 Å². The summed E-state index contributed by atoms with van der Waals surface area (Å²) in [6, 6.07) is -0.551. The van der Waals surface area contributed by atoms with Gasteiger partial charge in [0.15, 0.2) is 0 Å². The van der Waals surface area contributed by atoms with Crippen molar-refractivity contribution in [1.82, 2.24) is 0 Å². The van der Waals surface area contributed by atoms with Crippen molar-refractivity contribution in [3.8, 4) is 0 Å². The standard InChI is InChI=1S/C13H13F17O3Si/c1-4-34(31-2,32-3)33-5-6(14,15)7(16,17)8(18,19)9(20,21)10(22,23)11(24,25)12(26,27)13(28,29)30/h4-5H2,1-3H3. The van der Waals surface area contributed by atoms with Gasteiger partial charge in [-0.25, -0.2) is 0 Å². The van der Waals surface area contributed by atoms with E-state index in [1.165, 1.54) is 0 Å². The van der Waals surface area contributed by atoms with Crippen LogP contribution >= 0.6 is 0 Å². The van der Waals surface area contributed by atoms with Crippen LogP contribution in [0.4, 0.5) is 74.6 Å². The van der Waals surface area contributed by atoms with E-state index in [2.05, 4.69) is 13.3 Å². The molecule has 0 atom stereocenters. The molecule has 0 aliphatic heterocycles. The first-order chi connectivity index (χ1) is 14.6. The lowest BCUT2D eigenvalue weighted by Crippen LogP contribution is -2.74. The smallest absolute Gasteiger partial charge is 0.377 e. The molecule has 0 heterocycles. The fourth-order valence-corrected chi connectivity index (χ4v) is 3.66. The number of hydrogen-bond acceptors (Lipinski definition) is 3. The van der Waals surface area contributed by atoms with E-state index in [-0.39, 0.29) is 0 Å². The fourth-order valence-electron chi connectivity index (χ4n) is 2.08. The van der Waals surface area contributed by atoms with Crippen LogP contribution in [0.2, 0.25) is 6.04 Å². The Balaban J connectivity index is 6.55. The minimum atomic E-state index is -8.66. The predicted octanol–water partition coefficient (Wildman–Crippen LogP) is 6.26. The topological polar surface area (TPSA) is 27.7 Å². The summed E-state index contributed by atoms with van der Waals surface area (Å²) >= 11 is 0. The Morgan fingerprint density at radius 1 is 0.500 bits per heavy atom. The second kappa shape index (κ2) is 9.09. The van der Waals surface area contributed by atoms with Crippen LogP contribution < -0.4 is 0 Å². The molecule has 0 aliphatic carbocycles. The molecule has 0 saturated heterocycles. The zero-order valence-corrected chi connectivity index (χ0v) is 17.6. The molecule has 21 heteroatoms. The van der Waals surface area contributed by atoms with E-state index in [1.807, 2.05) is 0 Å². The lowest BCUT2D eigenvalue weighted by molar-refractivity contribution is -0.462. The summed E-state index contributed by atoms with van der Waals surface area (Å²) < 4.78 is 236. The first kappa shape index (κ1) is 32.9. The highest BCUT2D eigenvalue weighted by atomic mass is 28.4. The third kappa shape index (κ3) is 4.55. The molecule has 0 aromatic carbocycles. The van der Waals surface area contributed by atoms with Gasteiger partial charge in [0.2, 0.25) is 0 Å². The molecule has 0 aliphatic rings. The molecule has 0 amide bonds. The van der Waals surface area contributed by atoms with Crippen LogP contribution in [-0.2, 0) is 13.3 Å². The fraction of sp³-hybridized carbons (Fsp3) is 1.00. The molecule has 0 N–H and O–H groups in total. The zero-order chi connectivity index (χ0) is 28.0. The third-order valence-electron chi connectivity index (χ3n) is 4.32. The van der Waals surface area contributed by atoms with Crippen molar-refractivity contribution in [2.24, 2.45) is 0 Å². The van der Waals surface area contributed by atoms with Gasteiger partial charge >= 0.3 is 56.4 Å². The van der Waals surface area contributed by atoms with E-state index >= 15 is 0 Å². The third-order valence-corrected chi connectivity index (χ3v) is 7.01. The van der Waals surface area contributed by atoms with Crippen LogP contribution in [0, 0.1) is 0 Å². The van der Waals surface area contributed by atoms with Crippen LogP contribution in [0.1, 0.15) is 6.92 Å². The zero-order valence-electron chi connectivity index (χ0n) is 16.6. The van der Waals surface area contributed by atoms with Crippen LogP contribution in [0.15, 0.2) is 0 Å². The molecule has 0 radical (unpaired) electrons. The Morgan fingerprint density at radius 3 is 1.06 bits per heavy atom. The van der Waals surface area contributed by atoms with Gasteiger partial charge in [-0.2, -0.15) is 74.6 Å². The summed E-state index contributed by atoms with van der Waals surface area (Å²) in [5.74, 6) is -56.8. The van der Waals surface area contributed by atoms with Gasteiger partial charge in [0.05, 0.1) is 0 Å². The Hall–Kier alpha value is -1.09. The average molecular weight is 568 g/mol. The van der Waals surface area contributed by atoms with Gasteiger partial charge in [0.1, 0.15) is 6.61 Å². The van der Waals surface area contributed by atoms with Crippen molar-refractivity contribution in [3.63, 3.8) is 0 Å². The molecule has 0 aromatic rings. The highest BCUT2D eigenvalue weighted by Gasteiger charge is 2.95. The summed E-state index contributed by atoms with van der Waals surface area (Å²) in [6.07, 6.45) is -7.79. The maximum absolute atomic E-state index is 13.7. The van der Waals surface area contributed by atoms with Crippen molar-refractivity contribution in [2.45, 2.75) is 60.6 Å². The molecule has 0 unspecified atom stereocenters. The van der Waals surface area contributed by atoms with E-state index in [1.54, 1.807) is 0 Å². The van der Waals surface area contributed by atoms with E-state index in [0.29, 0.717) is 14.2 Å². The molecular formula is C13H13F17O3Si. The molecular weight excluding hydrogens is 555 g/mol. The summed E-state index contributed by atoms with van der Waals surface area (Å²) in [5, 5.41) is 0. The van der Waals surface area contributed by atoms with Crippen molar-refractivity contribution in [1.29, 1.82) is 0 Å². The highest BCUT2D eigenvalue weighted by Crippen LogP contribution is 2.63. The first-order valence-corrected chi connectivity index (χ1v) is 10.0. The molecule has 206 valence electrons. The van der Waals surface area contributed by atoms with Crippen molar-refractivity contribution < 1.29 is 87.9 Å². The van der Waals surface area contributed by atoms with Crippen LogP contribution in [0.5, 0.6) is 0 Å². The summed E-state index contributed by atoms with van der Waals surface area (Å²) in [6.45, 7) is -2.00.